The van der Waals surface area contributed by atoms with E-state index in [4.69, 9.17) is 0 Å². The summed E-state index contributed by atoms with van der Waals surface area (Å²) in [7, 11) is 4.06. The van der Waals surface area contributed by atoms with Gasteiger partial charge >= 0.3 is 0 Å². The van der Waals surface area contributed by atoms with Crippen LogP contribution in [0.25, 0.3) is 0 Å². The van der Waals surface area contributed by atoms with Crippen LogP contribution < -0.4 is 0 Å². The zero-order chi connectivity index (χ0) is 19.8. The van der Waals surface area contributed by atoms with Gasteiger partial charge in [0.05, 0.1) is 6.04 Å². The molecule has 5 heteroatoms. The normalized spacial score (nSPS) is 25.2. The molecule has 2 atom stereocenters. The molecule has 0 aromatic heterocycles. The van der Waals surface area contributed by atoms with E-state index in [0.717, 1.165) is 30.4 Å². The fraction of sp³-hybridized carbons (Fsp3) is 0.435. The smallest absolute Gasteiger partial charge is 0.252 e. The van der Waals surface area contributed by atoms with Crippen molar-refractivity contribution in [1.82, 2.24) is 9.80 Å². The lowest BCUT2D eigenvalue weighted by Gasteiger charge is -2.44. The molecule has 0 bridgehead atoms. The van der Waals surface area contributed by atoms with Gasteiger partial charge in [-0.25, -0.2) is 4.39 Å². The second-order valence-corrected chi connectivity index (χ2v) is 8.23. The van der Waals surface area contributed by atoms with Gasteiger partial charge in [-0.1, -0.05) is 36.4 Å². The van der Waals surface area contributed by atoms with Crippen LogP contribution in [-0.4, -0.2) is 53.6 Å². The maximum absolute atomic E-state index is 13.5. The number of carbonyl (C=O) groups is 1. The molecule has 0 unspecified atom stereocenters. The number of benzene rings is 2. The van der Waals surface area contributed by atoms with Crippen LogP contribution in [0.2, 0.25) is 0 Å². The van der Waals surface area contributed by atoms with Gasteiger partial charge in [0.1, 0.15) is 11.9 Å². The third-order valence-corrected chi connectivity index (χ3v) is 6.33. The Kier molecular flexibility index (Phi) is 5.21. The fourth-order valence-electron chi connectivity index (χ4n) is 4.49. The molecule has 0 spiro atoms. The van der Waals surface area contributed by atoms with Crippen molar-refractivity contribution in [3.05, 3.63) is 71.0 Å². The van der Waals surface area contributed by atoms with Crippen LogP contribution in [-0.2, 0) is 11.2 Å². The molecule has 1 saturated carbocycles. The molecular weight excluding hydrogens is 355 g/mol. The van der Waals surface area contributed by atoms with Gasteiger partial charge in [0.25, 0.3) is 5.91 Å². The molecule has 2 aromatic carbocycles. The van der Waals surface area contributed by atoms with Gasteiger partial charge in [-0.2, -0.15) is 0 Å². The lowest BCUT2D eigenvalue weighted by Crippen LogP contribution is -2.52. The fourth-order valence-corrected chi connectivity index (χ4v) is 4.49. The predicted octanol–water partition coefficient (Wildman–Crippen LogP) is 3.00. The molecule has 1 amide bonds. The van der Waals surface area contributed by atoms with Crippen LogP contribution >= 0.6 is 0 Å². The summed E-state index contributed by atoms with van der Waals surface area (Å²) in [4.78, 5) is 17.2. The first-order chi connectivity index (χ1) is 13.5. The van der Waals surface area contributed by atoms with Gasteiger partial charge < -0.3 is 14.9 Å². The molecule has 1 fully saturated rings. The molecule has 2 aromatic rings. The molecule has 0 radical (unpaired) electrons. The Bertz CT molecular complexity index is 846. The SMILES string of the molecule is CN(C)[C@H]1C[C@@H]([C@@H](O)C(=O)N2CCc3ccccc3[C@@H]2c2ccc(F)cc2)C1. The zero-order valence-corrected chi connectivity index (χ0v) is 16.4. The number of aliphatic hydroxyl groups is 1. The highest BCUT2D eigenvalue weighted by molar-refractivity contribution is 5.82. The quantitative estimate of drug-likeness (QED) is 0.884. The van der Waals surface area contributed by atoms with Gasteiger partial charge in [-0.3, -0.25) is 4.79 Å². The van der Waals surface area contributed by atoms with Gasteiger partial charge in [0, 0.05) is 12.6 Å². The molecule has 28 heavy (non-hydrogen) atoms. The van der Waals surface area contributed by atoms with Gasteiger partial charge in [-0.15, -0.1) is 0 Å². The average molecular weight is 382 g/mol. The minimum atomic E-state index is -0.982. The Hall–Kier alpha value is -2.24. The minimum Gasteiger partial charge on any atom is -0.383 e. The van der Waals surface area contributed by atoms with Crippen LogP contribution in [0.15, 0.2) is 48.5 Å². The number of hydrogen-bond acceptors (Lipinski definition) is 3. The summed E-state index contributed by atoms with van der Waals surface area (Å²) >= 11 is 0. The highest BCUT2D eigenvalue weighted by Crippen LogP contribution is 2.38. The number of hydrogen-bond donors (Lipinski definition) is 1. The summed E-state index contributed by atoms with van der Waals surface area (Å²) in [5.74, 6) is -0.507. The first-order valence-corrected chi connectivity index (χ1v) is 9.94. The maximum Gasteiger partial charge on any atom is 0.252 e. The first-order valence-electron chi connectivity index (χ1n) is 9.94. The summed E-state index contributed by atoms with van der Waals surface area (Å²) in [6, 6.07) is 14.5. The van der Waals surface area contributed by atoms with Crippen LogP contribution in [0.1, 0.15) is 35.6 Å². The summed E-state index contributed by atoms with van der Waals surface area (Å²) in [5.41, 5.74) is 3.13. The number of carbonyl (C=O) groups excluding carboxylic acids is 1. The van der Waals surface area contributed by atoms with E-state index in [1.165, 1.54) is 17.7 Å². The van der Waals surface area contributed by atoms with Crippen molar-refractivity contribution in [1.29, 1.82) is 0 Å². The van der Waals surface area contributed by atoms with E-state index in [2.05, 4.69) is 11.0 Å². The van der Waals surface area contributed by atoms with E-state index in [1.807, 2.05) is 32.3 Å². The van der Waals surface area contributed by atoms with E-state index < -0.39 is 6.10 Å². The lowest BCUT2D eigenvalue weighted by atomic mass is 9.75. The Morgan fingerprint density at radius 2 is 1.82 bits per heavy atom. The summed E-state index contributed by atoms with van der Waals surface area (Å²) in [6.45, 7) is 0.554. The molecule has 148 valence electrons. The van der Waals surface area contributed by atoms with Gasteiger partial charge in [0.2, 0.25) is 0 Å². The Balaban J connectivity index is 1.61. The minimum absolute atomic E-state index is 0.00550. The standard InChI is InChI=1S/C23H27FN2O2/c1-25(2)19-13-17(14-19)22(27)23(28)26-12-11-15-5-3-4-6-20(15)21(26)16-7-9-18(24)10-8-16/h3-10,17,19,21-22,27H,11-14H2,1-2H3/t17-,19+,21-,22+/m0/s1. The third-order valence-electron chi connectivity index (χ3n) is 6.33. The van der Waals surface area contributed by atoms with E-state index in [-0.39, 0.29) is 23.7 Å². The highest BCUT2D eigenvalue weighted by atomic mass is 19.1. The van der Waals surface area contributed by atoms with E-state index in [9.17, 15) is 14.3 Å². The predicted molar refractivity (Wildman–Crippen MR) is 106 cm³/mol. The molecule has 1 aliphatic heterocycles. The van der Waals surface area contributed by atoms with Gasteiger partial charge in [0.15, 0.2) is 0 Å². The van der Waals surface area contributed by atoms with Crippen molar-refractivity contribution in [3.63, 3.8) is 0 Å². The zero-order valence-electron chi connectivity index (χ0n) is 16.4. The van der Waals surface area contributed by atoms with Crippen LogP contribution in [0.3, 0.4) is 0 Å². The van der Waals surface area contributed by atoms with Crippen LogP contribution in [0.4, 0.5) is 4.39 Å². The van der Waals surface area contributed by atoms with E-state index in [1.54, 1.807) is 17.0 Å². The third kappa shape index (κ3) is 3.45. The first kappa shape index (κ1) is 19.1. The maximum atomic E-state index is 13.5. The largest absolute Gasteiger partial charge is 0.383 e. The van der Waals surface area contributed by atoms with E-state index >= 15 is 0 Å². The van der Waals surface area contributed by atoms with Crippen molar-refractivity contribution in [2.24, 2.45) is 5.92 Å². The van der Waals surface area contributed by atoms with Crippen LogP contribution in [0.5, 0.6) is 0 Å². The van der Waals surface area contributed by atoms with E-state index in [0.29, 0.717) is 12.6 Å². The molecular formula is C23H27FN2O2. The highest BCUT2D eigenvalue weighted by Gasteiger charge is 2.42. The van der Waals surface area contributed by atoms with Crippen molar-refractivity contribution < 1.29 is 14.3 Å². The number of fused-ring (bicyclic) bond motifs is 1. The number of halogens is 1. The number of amides is 1. The van der Waals surface area contributed by atoms with Crippen molar-refractivity contribution in [2.45, 2.75) is 37.5 Å². The topological polar surface area (TPSA) is 43.8 Å². The molecule has 4 nitrogen and oxygen atoms in total. The summed E-state index contributed by atoms with van der Waals surface area (Å²) in [5, 5.41) is 10.8. The second-order valence-electron chi connectivity index (χ2n) is 8.23. The Labute approximate surface area is 165 Å². The summed E-state index contributed by atoms with van der Waals surface area (Å²) in [6.07, 6.45) is 1.46. The van der Waals surface area contributed by atoms with Crippen LogP contribution in [0, 0.1) is 11.7 Å². The Morgan fingerprint density at radius 3 is 2.50 bits per heavy atom. The molecule has 2 aliphatic rings. The van der Waals surface area contributed by atoms with Crippen molar-refractivity contribution >= 4 is 5.91 Å². The number of aliphatic hydroxyl groups excluding tert-OH is 1. The second kappa shape index (κ2) is 7.64. The molecule has 4 rings (SSSR count). The summed E-state index contributed by atoms with van der Waals surface area (Å²) < 4.78 is 13.5. The number of rotatable bonds is 4. The van der Waals surface area contributed by atoms with Crippen molar-refractivity contribution in [3.8, 4) is 0 Å². The molecule has 1 heterocycles. The lowest BCUT2D eigenvalue weighted by molar-refractivity contribution is -0.148. The van der Waals surface area contributed by atoms with Gasteiger partial charge in [-0.05, 0) is 68.1 Å². The molecule has 1 N–H and O–H groups in total. The molecule has 0 saturated heterocycles. The average Bonchev–Trinajstić information content (AvgIpc) is 2.65. The molecule has 1 aliphatic carbocycles. The van der Waals surface area contributed by atoms with Crippen molar-refractivity contribution in [2.75, 3.05) is 20.6 Å². The number of nitrogens with zero attached hydrogens (tertiary/aromatic N) is 2. The Morgan fingerprint density at radius 1 is 1.14 bits per heavy atom. The monoisotopic (exact) mass is 382 g/mol.